The number of hydrogen-bond donors (Lipinski definition) is 0. The summed E-state index contributed by atoms with van der Waals surface area (Å²) in [4.78, 5) is 46.4. The van der Waals surface area contributed by atoms with Gasteiger partial charge >= 0.3 is 0 Å². The molecule has 2 aromatic heterocycles. The van der Waals surface area contributed by atoms with Gasteiger partial charge in [-0.25, -0.2) is 0 Å². The summed E-state index contributed by atoms with van der Waals surface area (Å²) >= 11 is 2.45. The van der Waals surface area contributed by atoms with E-state index in [0.29, 0.717) is 11.4 Å². The number of likely N-dealkylation sites (tertiary alicyclic amines) is 1. The molecule has 29 heavy (non-hydrogen) atoms. The quantitative estimate of drug-likeness (QED) is 0.665. The first-order chi connectivity index (χ1) is 14.1. The Labute approximate surface area is 177 Å². The second kappa shape index (κ2) is 8.92. The standard InChI is InChI=1S/C21H21N3O3S2/c25-19(23-10-2-1-7-17(23)15-5-3-9-22-14-15)8-11-24-20(26)18(29-21(24)27)13-16-6-4-12-28-16/h3-6,9,12-14,17H,1-2,7-8,10-11H2/b18-13-/t17-/m0/s1. The summed E-state index contributed by atoms with van der Waals surface area (Å²) in [6, 6.07) is 7.69. The van der Waals surface area contributed by atoms with Crippen molar-refractivity contribution >= 4 is 46.2 Å². The first-order valence-corrected chi connectivity index (χ1v) is 11.3. The maximum absolute atomic E-state index is 12.9. The molecule has 4 heterocycles. The molecule has 0 N–H and O–H groups in total. The molecule has 0 saturated carbocycles. The van der Waals surface area contributed by atoms with Gasteiger partial charge in [-0.3, -0.25) is 24.3 Å². The second-order valence-electron chi connectivity index (χ2n) is 6.98. The summed E-state index contributed by atoms with van der Waals surface area (Å²) in [6.07, 6.45) is 8.35. The smallest absolute Gasteiger partial charge is 0.293 e. The number of carbonyl (C=O) groups is 3. The van der Waals surface area contributed by atoms with Crippen LogP contribution in [-0.2, 0) is 9.59 Å². The summed E-state index contributed by atoms with van der Waals surface area (Å²) in [5.41, 5.74) is 1.03. The van der Waals surface area contributed by atoms with Crippen LogP contribution in [0.1, 0.15) is 42.2 Å². The van der Waals surface area contributed by atoms with Crippen LogP contribution in [0.15, 0.2) is 46.9 Å². The van der Waals surface area contributed by atoms with Gasteiger partial charge in [0.25, 0.3) is 11.1 Å². The third kappa shape index (κ3) is 4.43. The van der Waals surface area contributed by atoms with Gasteiger partial charge in [-0.1, -0.05) is 12.1 Å². The van der Waals surface area contributed by atoms with E-state index in [2.05, 4.69) is 4.98 Å². The highest BCUT2D eigenvalue weighted by atomic mass is 32.2. The number of aromatic nitrogens is 1. The van der Waals surface area contributed by atoms with Gasteiger partial charge in [-0.2, -0.15) is 0 Å². The zero-order chi connectivity index (χ0) is 20.2. The molecule has 2 aliphatic rings. The number of carbonyl (C=O) groups excluding carboxylic acids is 3. The molecule has 2 fully saturated rings. The third-order valence-corrected chi connectivity index (χ3v) is 6.86. The largest absolute Gasteiger partial charge is 0.336 e. The van der Waals surface area contributed by atoms with Crippen molar-refractivity contribution in [1.82, 2.24) is 14.8 Å². The Bertz CT molecular complexity index is 928. The molecule has 2 aromatic rings. The number of thioether (sulfide) groups is 1. The minimum Gasteiger partial charge on any atom is -0.336 e. The lowest BCUT2D eigenvalue weighted by atomic mass is 9.96. The number of nitrogens with zero attached hydrogens (tertiary/aromatic N) is 3. The highest BCUT2D eigenvalue weighted by Gasteiger charge is 2.36. The number of hydrogen-bond acceptors (Lipinski definition) is 6. The molecule has 0 aliphatic carbocycles. The van der Waals surface area contributed by atoms with E-state index in [1.807, 2.05) is 40.7 Å². The Hall–Kier alpha value is -2.45. The van der Waals surface area contributed by atoms with Gasteiger partial charge in [-0.05, 0) is 60.2 Å². The van der Waals surface area contributed by atoms with E-state index in [-0.39, 0.29) is 36.1 Å². The normalized spacial score (nSPS) is 21.2. The fourth-order valence-corrected chi connectivity index (χ4v) is 5.28. The van der Waals surface area contributed by atoms with E-state index < -0.39 is 0 Å². The van der Waals surface area contributed by atoms with Crippen molar-refractivity contribution in [3.05, 3.63) is 57.4 Å². The van der Waals surface area contributed by atoms with Crippen LogP contribution in [0.4, 0.5) is 4.79 Å². The number of thiophene rings is 1. The average Bonchev–Trinajstić information content (AvgIpc) is 3.35. The van der Waals surface area contributed by atoms with Crippen molar-refractivity contribution < 1.29 is 14.4 Å². The molecular weight excluding hydrogens is 406 g/mol. The van der Waals surface area contributed by atoms with Crippen LogP contribution in [0.2, 0.25) is 0 Å². The number of rotatable bonds is 5. The lowest BCUT2D eigenvalue weighted by Gasteiger charge is -2.36. The van der Waals surface area contributed by atoms with E-state index >= 15 is 0 Å². The molecule has 0 spiro atoms. The van der Waals surface area contributed by atoms with Crippen LogP contribution in [-0.4, -0.2) is 44.9 Å². The SMILES string of the molecule is O=C1S/C(=C\c2cccs2)C(=O)N1CCC(=O)N1CCCC[C@H]1c1cccnc1. The van der Waals surface area contributed by atoms with Crippen LogP contribution in [0.3, 0.4) is 0 Å². The maximum Gasteiger partial charge on any atom is 0.293 e. The first-order valence-electron chi connectivity index (χ1n) is 9.62. The summed E-state index contributed by atoms with van der Waals surface area (Å²) in [5.74, 6) is -0.344. The minimum atomic E-state index is -0.316. The van der Waals surface area contributed by atoms with Gasteiger partial charge in [0.2, 0.25) is 5.91 Å². The van der Waals surface area contributed by atoms with Gasteiger partial charge in [0.15, 0.2) is 0 Å². The maximum atomic E-state index is 12.9. The first kappa shape index (κ1) is 19.8. The fraction of sp³-hybridized carbons (Fsp3) is 0.333. The molecule has 6 nitrogen and oxygen atoms in total. The topological polar surface area (TPSA) is 70.6 Å². The number of pyridine rings is 1. The molecule has 150 valence electrons. The second-order valence-corrected chi connectivity index (χ2v) is 8.96. The zero-order valence-electron chi connectivity index (χ0n) is 15.8. The monoisotopic (exact) mass is 427 g/mol. The van der Waals surface area contributed by atoms with Gasteiger partial charge in [0, 0.05) is 36.8 Å². The van der Waals surface area contributed by atoms with Crippen molar-refractivity contribution in [1.29, 1.82) is 0 Å². The predicted molar refractivity (Wildman–Crippen MR) is 114 cm³/mol. The molecule has 1 atom stereocenters. The van der Waals surface area contributed by atoms with Gasteiger partial charge in [-0.15, -0.1) is 11.3 Å². The average molecular weight is 428 g/mol. The van der Waals surface area contributed by atoms with Crippen molar-refractivity contribution in [2.75, 3.05) is 13.1 Å². The van der Waals surface area contributed by atoms with Crippen molar-refractivity contribution in [3.8, 4) is 0 Å². The molecule has 4 rings (SSSR count). The Balaban J connectivity index is 1.41. The lowest BCUT2D eigenvalue weighted by molar-refractivity contribution is -0.135. The van der Waals surface area contributed by atoms with Crippen LogP contribution >= 0.6 is 23.1 Å². The summed E-state index contributed by atoms with van der Waals surface area (Å²) < 4.78 is 0. The van der Waals surface area contributed by atoms with Crippen LogP contribution < -0.4 is 0 Å². The Kier molecular flexibility index (Phi) is 6.10. The molecule has 8 heteroatoms. The van der Waals surface area contributed by atoms with Gasteiger partial charge in [0.05, 0.1) is 10.9 Å². The molecule has 0 aromatic carbocycles. The Morgan fingerprint density at radius 2 is 2.14 bits per heavy atom. The zero-order valence-corrected chi connectivity index (χ0v) is 17.5. The van der Waals surface area contributed by atoms with Crippen LogP contribution in [0.5, 0.6) is 0 Å². The summed E-state index contributed by atoms with van der Waals surface area (Å²) in [6.45, 7) is 0.806. The molecule has 2 saturated heterocycles. The lowest BCUT2D eigenvalue weighted by Crippen LogP contribution is -2.40. The van der Waals surface area contributed by atoms with Crippen molar-refractivity contribution in [2.45, 2.75) is 31.7 Å². The highest BCUT2D eigenvalue weighted by Crippen LogP contribution is 2.34. The number of amides is 3. The van der Waals surface area contributed by atoms with E-state index in [9.17, 15) is 14.4 Å². The van der Waals surface area contributed by atoms with E-state index in [1.54, 1.807) is 12.3 Å². The van der Waals surface area contributed by atoms with E-state index in [4.69, 9.17) is 0 Å². The molecule has 0 bridgehead atoms. The highest BCUT2D eigenvalue weighted by molar-refractivity contribution is 8.18. The Morgan fingerprint density at radius 3 is 2.90 bits per heavy atom. The molecule has 2 aliphatic heterocycles. The third-order valence-electron chi connectivity index (χ3n) is 5.13. The fourth-order valence-electron chi connectivity index (χ4n) is 3.70. The predicted octanol–water partition coefficient (Wildman–Crippen LogP) is 4.32. The van der Waals surface area contributed by atoms with Crippen LogP contribution in [0.25, 0.3) is 6.08 Å². The van der Waals surface area contributed by atoms with Crippen LogP contribution in [0, 0.1) is 0 Å². The van der Waals surface area contributed by atoms with E-state index in [1.165, 1.54) is 16.2 Å². The minimum absolute atomic E-state index is 0.0126. The number of piperidine rings is 1. The van der Waals surface area contributed by atoms with E-state index in [0.717, 1.165) is 41.5 Å². The molecule has 0 unspecified atom stereocenters. The molecule has 3 amide bonds. The Morgan fingerprint density at radius 1 is 1.24 bits per heavy atom. The van der Waals surface area contributed by atoms with Crippen molar-refractivity contribution in [2.24, 2.45) is 0 Å². The van der Waals surface area contributed by atoms with Gasteiger partial charge in [0.1, 0.15) is 0 Å². The van der Waals surface area contributed by atoms with Crippen molar-refractivity contribution in [3.63, 3.8) is 0 Å². The van der Waals surface area contributed by atoms with Gasteiger partial charge < -0.3 is 4.90 Å². The number of imide groups is 1. The molecule has 0 radical (unpaired) electrons. The molecular formula is C21H21N3O3S2. The summed E-state index contributed by atoms with van der Waals surface area (Å²) in [7, 11) is 0. The summed E-state index contributed by atoms with van der Waals surface area (Å²) in [5, 5.41) is 1.61.